The maximum absolute atomic E-state index is 12.6. The number of rotatable bonds is 1. The third-order valence-corrected chi connectivity index (χ3v) is 6.03. The van der Waals surface area contributed by atoms with Gasteiger partial charge in [-0.25, -0.2) is 4.79 Å². The topological polar surface area (TPSA) is 29.5 Å². The molecular formula is C16H25NO2Si. The lowest BCUT2D eigenvalue weighted by Gasteiger charge is -2.35. The largest absolute Gasteiger partial charge is 0.443 e. The molecule has 1 aromatic rings. The molecule has 0 unspecified atom stereocenters. The van der Waals surface area contributed by atoms with E-state index < -0.39 is 13.7 Å². The minimum Gasteiger partial charge on any atom is -0.443 e. The summed E-state index contributed by atoms with van der Waals surface area (Å²) in [4.78, 5) is 14.5. The molecule has 1 aliphatic rings. The fraction of sp³-hybridized carbons (Fsp3) is 0.562. The van der Waals surface area contributed by atoms with Crippen LogP contribution in [0.2, 0.25) is 19.6 Å². The maximum Gasteiger partial charge on any atom is 0.414 e. The summed E-state index contributed by atoms with van der Waals surface area (Å²) < 4.78 is 5.61. The van der Waals surface area contributed by atoms with E-state index >= 15 is 0 Å². The van der Waals surface area contributed by atoms with E-state index in [0.717, 1.165) is 12.1 Å². The van der Waals surface area contributed by atoms with E-state index in [1.807, 2.05) is 43.9 Å². The van der Waals surface area contributed by atoms with Gasteiger partial charge in [0.05, 0.1) is 13.8 Å². The van der Waals surface area contributed by atoms with Gasteiger partial charge in [-0.05, 0) is 38.8 Å². The molecule has 0 aliphatic carbocycles. The quantitative estimate of drug-likeness (QED) is 0.725. The van der Waals surface area contributed by atoms with Crippen LogP contribution < -0.4 is 4.90 Å². The summed E-state index contributed by atoms with van der Waals surface area (Å²) in [5, 5.41) is 0. The summed E-state index contributed by atoms with van der Waals surface area (Å²) >= 11 is 0. The van der Waals surface area contributed by atoms with Gasteiger partial charge in [0.25, 0.3) is 0 Å². The Morgan fingerprint density at radius 3 is 2.40 bits per heavy atom. The van der Waals surface area contributed by atoms with Crippen molar-refractivity contribution in [3.05, 3.63) is 29.8 Å². The molecule has 110 valence electrons. The van der Waals surface area contributed by atoms with Crippen LogP contribution in [0.1, 0.15) is 26.3 Å². The van der Waals surface area contributed by atoms with Crippen molar-refractivity contribution in [1.82, 2.24) is 0 Å². The number of hydrogen-bond acceptors (Lipinski definition) is 2. The van der Waals surface area contributed by atoms with E-state index in [9.17, 15) is 4.79 Å². The molecule has 0 aromatic heterocycles. The lowest BCUT2D eigenvalue weighted by atomic mass is 10.2. The Kier molecular flexibility index (Phi) is 3.71. The van der Waals surface area contributed by atoms with Crippen LogP contribution in [-0.2, 0) is 11.2 Å². The second-order valence-electron chi connectivity index (χ2n) is 7.57. The van der Waals surface area contributed by atoms with Gasteiger partial charge < -0.3 is 4.74 Å². The Hall–Kier alpha value is -1.29. The molecule has 3 nitrogen and oxygen atoms in total. The minimum atomic E-state index is -1.50. The number of carbonyl (C=O) groups excluding carboxylic acids is 1. The van der Waals surface area contributed by atoms with Gasteiger partial charge >= 0.3 is 6.09 Å². The van der Waals surface area contributed by atoms with Crippen LogP contribution >= 0.6 is 0 Å². The van der Waals surface area contributed by atoms with Crippen LogP contribution in [0.3, 0.4) is 0 Å². The number of fused-ring (bicyclic) bond motifs is 1. The van der Waals surface area contributed by atoms with E-state index in [2.05, 4.69) is 25.7 Å². The fourth-order valence-corrected chi connectivity index (χ4v) is 4.47. The molecule has 0 bridgehead atoms. The molecule has 0 radical (unpaired) electrons. The van der Waals surface area contributed by atoms with Crippen LogP contribution in [0, 0.1) is 0 Å². The average molecular weight is 291 g/mol. The summed E-state index contributed by atoms with van der Waals surface area (Å²) in [6, 6.07) is 8.17. The van der Waals surface area contributed by atoms with Gasteiger partial charge in [0.2, 0.25) is 0 Å². The van der Waals surface area contributed by atoms with Crippen molar-refractivity contribution < 1.29 is 9.53 Å². The number of ether oxygens (including phenoxy) is 1. The second kappa shape index (κ2) is 4.92. The average Bonchev–Trinajstić information content (AvgIpc) is 2.65. The molecule has 2 rings (SSSR count). The van der Waals surface area contributed by atoms with Crippen molar-refractivity contribution in [1.29, 1.82) is 0 Å². The van der Waals surface area contributed by atoms with Crippen molar-refractivity contribution in [2.24, 2.45) is 0 Å². The molecule has 0 spiro atoms. The molecule has 20 heavy (non-hydrogen) atoms. The number of anilines is 1. The number of nitrogens with zero attached hydrogens (tertiary/aromatic N) is 1. The lowest BCUT2D eigenvalue weighted by Crippen LogP contribution is -2.53. The van der Waals surface area contributed by atoms with Crippen LogP contribution in [0.25, 0.3) is 0 Å². The highest BCUT2D eigenvalue weighted by molar-refractivity contribution is 6.78. The summed E-state index contributed by atoms with van der Waals surface area (Å²) in [6.07, 6.45) is 0.736. The van der Waals surface area contributed by atoms with E-state index in [1.54, 1.807) is 0 Å². The Bertz CT molecular complexity index is 514. The van der Waals surface area contributed by atoms with Crippen molar-refractivity contribution in [3.63, 3.8) is 0 Å². The van der Waals surface area contributed by atoms with Gasteiger partial charge in [0, 0.05) is 5.67 Å². The normalized spacial score (nSPS) is 18.9. The smallest absolute Gasteiger partial charge is 0.414 e. The monoisotopic (exact) mass is 291 g/mol. The third-order valence-electron chi connectivity index (χ3n) is 3.57. The Labute approximate surface area is 122 Å². The number of amides is 1. The molecule has 0 fully saturated rings. The first-order chi connectivity index (χ1) is 9.09. The highest BCUT2D eigenvalue weighted by Crippen LogP contribution is 2.36. The van der Waals surface area contributed by atoms with Gasteiger partial charge in [0.15, 0.2) is 0 Å². The molecule has 1 amide bonds. The summed E-state index contributed by atoms with van der Waals surface area (Å²) in [7, 11) is -1.50. The Balaban J connectivity index is 2.37. The molecular weight excluding hydrogens is 266 g/mol. The zero-order chi connectivity index (χ0) is 15.1. The number of para-hydroxylation sites is 1. The van der Waals surface area contributed by atoms with Crippen molar-refractivity contribution in [2.45, 2.75) is 58.1 Å². The molecule has 1 atom stereocenters. The number of benzene rings is 1. The number of hydrogen-bond donors (Lipinski definition) is 0. The van der Waals surface area contributed by atoms with Gasteiger partial charge in [-0.1, -0.05) is 37.8 Å². The van der Waals surface area contributed by atoms with E-state index in [0.29, 0.717) is 0 Å². The predicted octanol–water partition coefficient (Wildman–Crippen LogP) is 4.23. The standard InChI is InChI=1S/C16H25NO2Si/c1-16(2,3)19-15(18)17-13-10-8-7-9-12(13)11-14(17)20(4,5)6/h7-10,14H,11H2,1-6H3/t14-/m0/s1. The molecule has 1 heterocycles. The van der Waals surface area contributed by atoms with Crippen LogP contribution in [0.5, 0.6) is 0 Å². The highest BCUT2D eigenvalue weighted by Gasteiger charge is 2.42. The van der Waals surface area contributed by atoms with Crippen LogP contribution in [0.15, 0.2) is 24.3 Å². The summed E-state index contributed by atoms with van der Waals surface area (Å²) in [5.41, 5.74) is 2.09. The molecule has 1 aliphatic heterocycles. The first-order valence-corrected chi connectivity index (χ1v) is 10.8. The van der Waals surface area contributed by atoms with Crippen molar-refractivity contribution in [3.8, 4) is 0 Å². The first-order valence-electron chi connectivity index (χ1n) is 7.20. The van der Waals surface area contributed by atoms with E-state index in [1.165, 1.54) is 5.56 Å². The minimum absolute atomic E-state index is 0.213. The van der Waals surface area contributed by atoms with Crippen molar-refractivity contribution in [2.75, 3.05) is 4.90 Å². The molecule has 0 N–H and O–H groups in total. The molecule has 4 heteroatoms. The maximum atomic E-state index is 12.6. The summed E-state index contributed by atoms with van der Waals surface area (Å²) in [5.74, 6) is 0. The zero-order valence-corrected chi connectivity index (χ0v) is 14.4. The fourth-order valence-electron chi connectivity index (χ4n) is 2.62. The highest BCUT2D eigenvalue weighted by atomic mass is 28.3. The zero-order valence-electron chi connectivity index (χ0n) is 13.4. The first kappa shape index (κ1) is 15.1. The molecule has 0 saturated carbocycles. The SMILES string of the molecule is CC(C)(C)OC(=O)N1c2ccccc2C[C@@H]1[Si](C)(C)C. The van der Waals surface area contributed by atoms with Gasteiger partial charge in [-0.15, -0.1) is 0 Å². The molecule has 1 aromatic carbocycles. The van der Waals surface area contributed by atoms with Crippen molar-refractivity contribution >= 4 is 19.9 Å². The van der Waals surface area contributed by atoms with Gasteiger partial charge in [-0.2, -0.15) is 0 Å². The summed E-state index contributed by atoms with van der Waals surface area (Å²) in [6.45, 7) is 12.7. The van der Waals surface area contributed by atoms with E-state index in [4.69, 9.17) is 4.74 Å². The molecule has 0 saturated heterocycles. The second-order valence-corrected chi connectivity index (χ2v) is 13.0. The lowest BCUT2D eigenvalue weighted by molar-refractivity contribution is 0.0578. The van der Waals surface area contributed by atoms with Gasteiger partial charge in [-0.3, -0.25) is 4.90 Å². The Morgan fingerprint density at radius 2 is 1.85 bits per heavy atom. The number of carbonyl (C=O) groups is 1. The third kappa shape index (κ3) is 3.06. The van der Waals surface area contributed by atoms with Gasteiger partial charge in [0.1, 0.15) is 5.60 Å². The van der Waals surface area contributed by atoms with Crippen LogP contribution in [0.4, 0.5) is 10.5 Å². The van der Waals surface area contributed by atoms with E-state index in [-0.39, 0.29) is 11.8 Å². The Morgan fingerprint density at radius 1 is 1.25 bits per heavy atom. The van der Waals surface area contributed by atoms with Crippen LogP contribution in [-0.4, -0.2) is 25.4 Å². The predicted molar refractivity (Wildman–Crippen MR) is 86.0 cm³/mol.